The Morgan fingerprint density at radius 3 is 2.54 bits per heavy atom. The smallest absolute Gasteiger partial charge is 0.260 e. The van der Waals surface area contributed by atoms with Gasteiger partial charge in [-0.1, -0.05) is 12.1 Å². The molecule has 2 heterocycles. The predicted octanol–water partition coefficient (Wildman–Crippen LogP) is 0.587. The first-order chi connectivity index (χ1) is 12.5. The monoisotopic (exact) mass is 361 g/mol. The van der Waals surface area contributed by atoms with Crippen molar-refractivity contribution in [2.24, 2.45) is 0 Å². The minimum atomic E-state index is -0.101. The molecule has 26 heavy (non-hydrogen) atoms. The summed E-state index contributed by atoms with van der Waals surface area (Å²) < 4.78 is 10.9. The highest BCUT2D eigenvalue weighted by atomic mass is 16.5. The lowest BCUT2D eigenvalue weighted by Gasteiger charge is -2.37. The van der Waals surface area contributed by atoms with Gasteiger partial charge in [-0.15, -0.1) is 0 Å². The van der Waals surface area contributed by atoms with Gasteiger partial charge in [-0.25, -0.2) is 0 Å². The van der Waals surface area contributed by atoms with Crippen molar-refractivity contribution in [3.8, 4) is 5.75 Å². The Morgan fingerprint density at radius 2 is 1.85 bits per heavy atom. The van der Waals surface area contributed by atoms with Crippen molar-refractivity contribution >= 4 is 11.8 Å². The Balaban J connectivity index is 1.49. The first-order valence-corrected chi connectivity index (χ1v) is 9.11. The van der Waals surface area contributed by atoms with E-state index in [1.165, 1.54) is 0 Å². The van der Waals surface area contributed by atoms with Crippen LogP contribution in [-0.4, -0.2) is 85.6 Å². The number of ether oxygens (including phenoxy) is 2. The van der Waals surface area contributed by atoms with Crippen molar-refractivity contribution < 1.29 is 19.1 Å². The topological polar surface area (TPSA) is 62.3 Å². The molecule has 0 saturated carbocycles. The maximum absolute atomic E-state index is 12.1. The van der Waals surface area contributed by atoms with Crippen molar-refractivity contribution in [3.05, 3.63) is 29.8 Å². The highest BCUT2D eigenvalue weighted by molar-refractivity contribution is 5.82. The number of piperazine rings is 1. The zero-order valence-corrected chi connectivity index (χ0v) is 15.5. The van der Waals surface area contributed by atoms with Gasteiger partial charge in [0.1, 0.15) is 5.75 Å². The molecule has 0 N–H and O–H groups in total. The van der Waals surface area contributed by atoms with Crippen LogP contribution in [-0.2, 0) is 20.9 Å². The SMILES string of the molecule is CC1C(=O)N(C)CCN1Cc1ccc(OCC(=O)N2CCOCC2)cc1. The van der Waals surface area contributed by atoms with Crippen LogP contribution in [0.2, 0.25) is 0 Å². The maximum atomic E-state index is 12.1. The van der Waals surface area contributed by atoms with Crippen LogP contribution in [0.3, 0.4) is 0 Å². The summed E-state index contributed by atoms with van der Waals surface area (Å²) in [5, 5.41) is 0. The van der Waals surface area contributed by atoms with Crippen molar-refractivity contribution in [2.75, 3.05) is 53.0 Å². The quantitative estimate of drug-likeness (QED) is 0.768. The van der Waals surface area contributed by atoms with Gasteiger partial charge in [0.15, 0.2) is 6.61 Å². The zero-order valence-electron chi connectivity index (χ0n) is 15.5. The number of nitrogens with zero attached hydrogens (tertiary/aromatic N) is 3. The van der Waals surface area contributed by atoms with Crippen LogP contribution in [0.25, 0.3) is 0 Å². The summed E-state index contributed by atoms with van der Waals surface area (Å²) in [4.78, 5) is 29.9. The second-order valence-electron chi connectivity index (χ2n) is 6.83. The molecule has 2 aliphatic heterocycles. The molecule has 2 fully saturated rings. The van der Waals surface area contributed by atoms with Gasteiger partial charge >= 0.3 is 0 Å². The molecule has 1 unspecified atom stereocenters. The highest BCUT2D eigenvalue weighted by Crippen LogP contribution is 2.17. The molecule has 2 amide bonds. The number of carbonyl (C=O) groups is 2. The molecule has 2 saturated heterocycles. The normalized spacial score (nSPS) is 21.8. The predicted molar refractivity (Wildman–Crippen MR) is 96.8 cm³/mol. The van der Waals surface area contributed by atoms with Crippen molar-refractivity contribution in [2.45, 2.75) is 19.5 Å². The maximum Gasteiger partial charge on any atom is 0.260 e. The third kappa shape index (κ3) is 4.53. The van der Waals surface area contributed by atoms with E-state index in [-0.39, 0.29) is 24.5 Å². The van der Waals surface area contributed by atoms with Crippen LogP contribution >= 0.6 is 0 Å². The van der Waals surface area contributed by atoms with E-state index >= 15 is 0 Å². The van der Waals surface area contributed by atoms with Gasteiger partial charge in [0, 0.05) is 39.8 Å². The van der Waals surface area contributed by atoms with E-state index in [2.05, 4.69) is 4.90 Å². The summed E-state index contributed by atoms with van der Waals surface area (Å²) >= 11 is 0. The zero-order chi connectivity index (χ0) is 18.5. The number of morpholine rings is 1. The van der Waals surface area contributed by atoms with E-state index in [4.69, 9.17) is 9.47 Å². The van der Waals surface area contributed by atoms with Gasteiger partial charge < -0.3 is 19.3 Å². The lowest BCUT2D eigenvalue weighted by atomic mass is 10.1. The molecule has 0 aromatic heterocycles. The van der Waals surface area contributed by atoms with Crippen LogP contribution in [0, 0.1) is 0 Å². The van der Waals surface area contributed by atoms with Crippen LogP contribution in [0.1, 0.15) is 12.5 Å². The molecule has 142 valence electrons. The average Bonchev–Trinajstić information content (AvgIpc) is 2.68. The lowest BCUT2D eigenvalue weighted by molar-refractivity contribution is -0.139. The molecule has 1 aromatic rings. The summed E-state index contributed by atoms with van der Waals surface area (Å²) in [5.74, 6) is 0.831. The number of benzene rings is 1. The Kier molecular flexibility index (Phi) is 6.11. The van der Waals surface area contributed by atoms with Crippen molar-refractivity contribution in [1.29, 1.82) is 0 Å². The van der Waals surface area contributed by atoms with Crippen LogP contribution in [0.15, 0.2) is 24.3 Å². The number of amides is 2. The molecule has 0 radical (unpaired) electrons. The van der Waals surface area contributed by atoms with Gasteiger partial charge in [0.05, 0.1) is 19.3 Å². The summed E-state index contributed by atoms with van der Waals surface area (Å²) in [6, 6.07) is 7.64. The molecular formula is C19H27N3O4. The fraction of sp³-hybridized carbons (Fsp3) is 0.579. The summed E-state index contributed by atoms with van der Waals surface area (Å²) in [5.41, 5.74) is 1.13. The fourth-order valence-electron chi connectivity index (χ4n) is 3.25. The summed E-state index contributed by atoms with van der Waals surface area (Å²) in [6.07, 6.45) is 0. The third-order valence-electron chi connectivity index (χ3n) is 5.04. The number of hydrogen-bond donors (Lipinski definition) is 0. The Bertz CT molecular complexity index is 628. The highest BCUT2D eigenvalue weighted by Gasteiger charge is 2.29. The minimum Gasteiger partial charge on any atom is -0.484 e. The summed E-state index contributed by atoms with van der Waals surface area (Å²) in [6.45, 7) is 6.79. The van der Waals surface area contributed by atoms with Crippen molar-refractivity contribution in [1.82, 2.24) is 14.7 Å². The molecule has 1 atom stereocenters. The molecular weight excluding hydrogens is 334 g/mol. The second-order valence-corrected chi connectivity index (χ2v) is 6.83. The standard InChI is InChI=1S/C19H27N3O4/c1-15-19(24)20(2)7-8-22(15)13-16-3-5-17(6-4-16)26-14-18(23)21-9-11-25-12-10-21/h3-6,15H,7-14H2,1-2H3. The first kappa shape index (κ1) is 18.7. The van der Waals surface area contributed by atoms with Gasteiger partial charge in [0.25, 0.3) is 5.91 Å². The van der Waals surface area contributed by atoms with E-state index in [0.717, 1.165) is 25.2 Å². The van der Waals surface area contributed by atoms with Gasteiger partial charge in [-0.3, -0.25) is 14.5 Å². The van der Waals surface area contributed by atoms with Crippen LogP contribution in [0.5, 0.6) is 5.75 Å². The third-order valence-corrected chi connectivity index (χ3v) is 5.04. The summed E-state index contributed by atoms with van der Waals surface area (Å²) in [7, 11) is 1.85. The second kappa shape index (κ2) is 8.51. The Labute approximate surface area is 154 Å². The fourth-order valence-corrected chi connectivity index (χ4v) is 3.25. The largest absolute Gasteiger partial charge is 0.484 e. The van der Waals surface area contributed by atoms with E-state index in [1.54, 1.807) is 9.80 Å². The molecule has 2 aliphatic rings. The lowest BCUT2D eigenvalue weighted by Crippen LogP contribution is -2.53. The number of hydrogen-bond acceptors (Lipinski definition) is 5. The molecule has 7 nitrogen and oxygen atoms in total. The number of rotatable bonds is 5. The first-order valence-electron chi connectivity index (χ1n) is 9.11. The Morgan fingerprint density at radius 1 is 1.15 bits per heavy atom. The van der Waals surface area contributed by atoms with Crippen LogP contribution in [0.4, 0.5) is 0 Å². The minimum absolute atomic E-state index is 0.0119. The molecule has 1 aromatic carbocycles. The van der Waals surface area contributed by atoms with E-state index in [1.807, 2.05) is 38.2 Å². The van der Waals surface area contributed by atoms with E-state index < -0.39 is 0 Å². The van der Waals surface area contributed by atoms with Gasteiger partial charge in [-0.2, -0.15) is 0 Å². The van der Waals surface area contributed by atoms with Crippen molar-refractivity contribution in [3.63, 3.8) is 0 Å². The number of likely N-dealkylation sites (N-methyl/N-ethyl adjacent to an activating group) is 1. The molecule has 7 heteroatoms. The average molecular weight is 361 g/mol. The Hall–Kier alpha value is -2.12. The van der Waals surface area contributed by atoms with E-state index in [0.29, 0.717) is 32.1 Å². The molecule has 0 bridgehead atoms. The molecule has 0 aliphatic carbocycles. The van der Waals surface area contributed by atoms with E-state index in [9.17, 15) is 9.59 Å². The van der Waals surface area contributed by atoms with Gasteiger partial charge in [0.2, 0.25) is 5.91 Å². The molecule has 0 spiro atoms. The van der Waals surface area contributed by atoms with Gasteiger partial charge in [-0.05, 0) is 24.6 Å². The number of carbonyl (C=O) groups excluding carboxylic acids is 2. The van der Waals surface area contributed by atoms with Crippen LogP contribution < -0.4 is 4.74 Å². The molecule has 3 rings (SSSR count).